The summed E-state index contributed by atoms with van der Waals surface area (Å²) in [7, 11) is 2.01. The van der Waals surface area contributed by atoms with Gasteiger partial charge in [0, 0.05) is 46.0 Å². The molecular weight excluding hydrogens is 344 g/mol. The summed E-state index contributed by atoms with van der Waals surface area (Å²) in [4.78, 5) is 35.0. The molecule has 0 saturated carbocycles. The van der Waals surface area contributed by atoms with E-state index < -0.39 is 0 Å². The highest BCUT2D eigenvalue weighted by atomic mass is 16.3. The van der Waals surface area contributed by atoms with Gasteiger partial charge in [0.2, 0.25) is 0 Å². The van der Waals surface area contributed by atoms with Gasteiger partial charge in [-0.2, -0.15) is 0 Å². The zero-order chi connectivity index (χ0) is 19.2. The fourth-order valence-electron chi connectivity index (χ4n) is 3.13. The summed E-state index contributed by atoms with van der Waals surface area (Å²) in [6.07, 6.45) is 7.11. The van der Waals surface area contributed by atoms with Gasteiger partial charge in [0.1, 0.15) is 0 Å². The number of carbonyl (C=O) groups excluding carboxylic acids is 2. The quantitative estimate of drug-likeness (QED) is 0.781. The van der Waals surface area contributed by atoms with Crippen molar-refractivity contribution in [1.29, 1.82) is 0 Å². The fourth-order valence-corrected chi connectivity index (χ4v) is 3.13. The maximum absolute atomic E-state index is 12.8. The van der Waals surface area contributed by atoms with Gasteiger partial charge in [-0.05, 0) is 24.6 Å². The molecular formula is C20H26N4O3. The van der Waals surface area contributed by atoms with Crippen LogP contribution < -0.4 is 4.90 Å². The number of amides is 2. The lowest BCUT2D eigenvalue weighted by Crippen LogP contribution is -2.50. The van der Waals surface area contributed by atoms with Crippen molar-refractivity contribution in [2.45, 2.75) is 19.8 Å². The summed E-state index contributed by atoms with van der Waals surface area (Å²) in [5.41, 5.74) is 1.53. The summed E-state index contributed by atoms with van der Waals surface area (Å²) in [5.74, 6) is 0.161. The second-order valence-corrected chi connectivity index (χ2v) is 6.77. The average molecular weight is 370 g/mol. The number of pyridine rings is 1. The highest BCUT2D eigenvalue weighted by Crippen LogP contribution is 2.17. The summed E-state index contributed by atoms with van der Waals surface area (Å²) >= 11 is 0. The Morgan fingerprint density at radius 1 is 1.15 bits per heavy atom. The van der Waals surface area contributed by atoms with Gasteiger partial charge in [0.25, 0.3) is 11.8 Å². The van der Waals surface area contributed by atoms with Crippen LogP contribution in [0, 0.1) is 0 Å². The minimum Gasteiger partial charge on any atom is -0.459 e. The Bertz CT molecular complexity index is 767. The molecule has 3 rings (SSSR count). The van der Waals surface area contributed by atoms with Crippen LogP contribution in [0.4, 0.5) is 5.69 Å². The molecule has 0 N–H and O–H groups in total. The van der Waals surface area contributed by atoms with Crippen molar-refractivity contribution in [3.63, 3.8) is 0 Å². The predicted molar refractivity (Wildman–Crippen MR) is 103 cm³/mol. The zero-order valence-electron chi connectivity index (χ0n) is 15.9. The van der Waals surface area contributed by atoms with Crippen LogP contribution in [0.2, 0.25) is 0 Å². The Kier molecular flexibility index (Phi) is 6.11. The van der Waals surface area contributed by atoms with Crippen molar-refractivity contribution in [1.82, 2.24) is 14.8 Å². The molecule has 7 nitrogen and oxygen atoms in total. The number of anilines is 1. The smallest absolute Gasteiger partial charge is 0.289 e. The first-order valence-corrected chi connectivity index (χ1v) is 9.38. The zero-order valence-corrected chi connectivity index (χ0v) is 15.9. The molecule has 1 aliphatic heterocycles. The van der Waals surface area contributed by atoms with Crippen LogP contribution in [0.25, 0.3) is 0 Å². The molecule has 0 aliphatic carbocycles. The largest absolute Gasteiger partial charge is 0.459 e. The second kappa shape index (κ2) is 8.70. The van der Waals surface area contributed by atoms with Gasteiger partial charge in [-0.3, -0.25) is 14.6 Å². The van der Waals surface area contributed by atoms with Gasteiger partial charge >= 0.3 is 0 Å². The van der Waals surface area contributed by atoms with Gasteiger partial charge in [-0.25, -0.2) is 0 Å². The Labute approximate surface area is 159 Å². The van der Waals surface area contributed by atoms with E-state index in [0.29, 0.717) is 37.5 Å². The van der Waals surface area contributed by atoms with E-state index in [1.165, 1.54) is 6.26 Å². The number of hydrogen-bond acceptors (Lipinski definition) is 5. The molecule has 0 radical (unpaired) electrons. The molecule has 144 valence electrons. The number of carbonyl (C=O) groups is 2. The summed E-state index contributed by atoms with van der Waals surface area (Å²) in [6, 6.07) is 5.25. The molecule has 2 aromatic rings. The van der Waals surface area contributed by atoms with Crippen LogP contribution >= 0.6 is 0 Å². The number of rotatable bonds is 6. The van der Waals surface area contributed by atoms with E-state index in [1.807, 2.05) is 13.1 Å². The first-order chi connectivity index (χ1) is 13.1. The third-order valence-corrected chi connectivity index (χ3v) is 4.84. The predicted octanol–water partition coefficient (Wildman–Crippen LogP) is 2.51. The Morgan fingerprint density at radius 3 is 2.48 bits per heavy atom. The number of aromatic nitrogens is 1. The normalized spacial score (nSPS) is 14.3. The summed E-state index contributed by atoms with van der Waals surface area (Å²) in [5, 5.41) is 0. The fraction of sp³-hybridized carbons (Fsp3) is 0.450. The summed E-state index contributed by atoms with van der Waals surface area (Å²) in [6.45, 7) is 5.08. The van der Waals surface area contributed by atoms with E-state index in [1.54, 1.807) is 34.3 Å². The molecule has 0 spiro atoms. The SMILES string of the molecule is CCCCN(C)c1cncc(C(=O)N2CCN(C(=O)c3ccco3)CC2)c1. The van der Waals surface area contributed by atoms with Crippen molar-refractivity contribution in [3.8, 4) is 0 Å². The van der Waals surface area contributed by atoms with E-state index in [-0.39, 0.29) is 11.8 Å². The average Bonchev–Trinajstić information content (AvgIpc) is 3.26. The van der Waals surface area contributed by atoms with Crippen LogP contribution in [0.3, 0.4) is 0 Å². The molecule has 1 saturated heterocycles. The minimum absolute atomic E-state index is 0.0432. The molecule has 7 heteroatoms. The van der Waals surface area contributed by atoms with Crippen molar-refractivity contribution < 1.29 is 14.0 Å². The lowest BCUT2D eigenvalue weighted by Gasteiger charge is -2.34. The molecule has 0 atom stereocenters. The molecule has 0 unspecified atom stereocenters. The molecule has 1 fully saturated rings. The second-order valence-electron chi connectivity index (χ2n) is 6.77. The van der Waals surface area contributed by atoms with Gasteiger partial charge < -0.3 is 19.1 Å². The topological polar surface area (TPSA) is 69.9 Å². The molecule has 3 heterocycles. The number of hydrogen-bond donors (Lipinski definition) is 0. The number of furan rings is 1. The number of nitrogens with zero attached hydrogens (tertiary/aromatic N) is 4. The van der Waals surface area contributed by atoms with Crippen molar-refractivity contribution >= 4 is 17.5 Å². The number of piperazine rings is 1. The number of unbranched alkanes of at least 4 members (excludes halogenated alkanes) is 1. The monoisotopic (exact) mass is 370 g/mol. The highest BCUT2D eigenvalue weighted by molar-refractivity contribution is 5.95. The van der Waals surface area contributed by atoms with Crippen LogP contribution in [-0.2, 0) is 0 Å². The van der Waals surface area contributed by atoms with E-state index in [4.69, 9.17) is 4.42 Å². The van der Waals surface area contributed by atoms with Crippen molar-refractivity contribution in [2.24, 2.45) is 0 Å². The maximum Gasteiger partial charge on any atom is 0.289 e. The maximum atomic E-state index is 12.8. The van der Waals surface area contributed by atoms with E-state index >= 15 is 0 Å². The Morgan fingerprint density at radius 2 is 1.85 bits per heavy atom. The van der Waals surface area contributed by atoms with Crippen LogP contribution in [0.5, 0.6) is 0 Å². The van der Waals surface area contributed by atoms with Crippen molar-refractivity contribution in [3.05, 3.63) is 48.2 Å². The van der Waals surface area contributed by atoms with Crippen LogP contribution in [0.1, 0.15) is 40.7 Å². The molecule has 0 aromatic carbocycles. The first-order valence-electron chi connectivity index (χ1n) is 9.38. The van der Waals surface area contributed by atoms with Gasteiger partial charge in [-0.15, -0.1) is 0 Å². The lowest BCUT2D eigenvalue weighted by atomic mass is 10.2. The molecule has 27 heavy (non-hydrogen) atoms. The molecule has 0 bridgehead atoms. The molecule has 2 aromatic heterocycles. The third-order valence-electron chi connectivity index (χ3n) is 4.84. The molecule has 1 aliphatic rings. The van der Waals surface area contributed by atoms with E-state index in [0.717, 1.165) is 25.1 Å². The highest BCUT2D eigenvalue weighted by Gasteiger charge is 2.26. The summed E-state index contributed by atoms with van der Waals surface area (Å²) < 4.78 is 5.17. The van der Waals surface area contributed by atoms with Gasteiger partial charge in [0.05, 0.1) is 23.7 Å². The van der Waals surface area contributed by atoms with Crippen molar-refractivity contribution in [2.75, 3.05) is 44.7 Å². The van der Waals surface area contributed by atoms with Gasteiger partial charge in [-0.1, -0.05) is 13.3 Å². The van der Waals surface area contributed by atoms with Crippen LogP contribution in [-0.4, -0.2) is 66.4 Å². The van der Waals surface area contributed by atoms with E-state index in [2.05, 4.69) is 16.8 Å². The lowest BCUT2D eigenvalue weighted by molar-refractivity contribution is 0.0518. The van der Waals surface area contributed by atoms with Gasteiger partial charge in [0.15, 0.2) is 5.76 Å². The Hall–Kier alpha value is -2.83. The standard InChI is InChI=1S/C20H26N4O3/c1-3-4-7-22(2)17-13-16(14-21-15-17)19(25)23-8-10-24(11-9-23)20(26)18-6-5-12-27-18/h5-6,12-15H,3-4,7-11H2,1-2H3. The minimum atomic E-state index is -0.131. The van der Waals surface area contributed by atoms with E-state index in [9.17, 15) is 9.59 Å². The Balaban J connectivity index is 1.60. The van der Waals surface area contributed by atoms with Crippen LogP contribution in [0.15, 0.2) is 41.3 Å². The first kappa shape index (κ1) is 18.9. The third kappa shape index (κ3) is 4.48. The molecule has 2 amide bonds.